The molecule has 168 valence electrons. The van der Waals surface area contributed by atoms with Crippen LogP contribution in [0.25, 0.3) is 16.7 Å². The SMILES string of the molecule is CN1CCN(CCC2=CCc3c2cccc3-c2cncnc2)CC1.O=C(O)/C=C\C(=O)O. The topological polar surface area (TPSA) is 107 Å². The summed E-state index contributed by atoms with van der Waals surface area (Å²) in [5.41, 5.74) is 6.75. The maximum Gasteiger partial charge on any atom is 0.328 e. The molecule has 1 aromatic heterocycles. The van der Waals surface area contributed by atoms with Gasteiger partial charge in [0.15, 0.2) is 0 Å². The van der Waals surface area contributed by atoms with Gasteiger partial charge in [0.05, 0.1) is 0 Å². The normalized spacial score (nSPS) is 16.2. The summed E-state index contributed by atoms with van der Waals surface area (Å²) in [4.78, 5) is 32.5. The number of hydrogen-bond acceptors (Lipinski definition) is 6. The maximum atomic E-state index is 9.55. The van der Waals surface area contributed by atoms with Crippen LogP contribution in [0.2, 0.25) is 0 Å². The van der Waals surface area contributed by atoms with Crippen LogP contribution in [-0.4, -0.2) is 81.7 Å². The van der Waals surface area contributed by atoms with Crippen LogP contribution in [0.1, 0.15) is 17.5 Å². The van der Waals surface area contributed by atoms with Crippen LogP contribution in [0, 0.1) is 0 Å². The molecule has 8 nitrogen and oxygen atoms in total. The summed E-state index contributed by atoms with van der Waals surface area (Å²) in [6.45, 7) is 5.93. The summed E-state index contributed by atoms with van der Waals surface area (Å²) < 4.78 is 0. The van der Waals surface area contributed by atoms with Gasteiger partial charge in [-0.25, -0.2) is 19.6 Å². The summed E-state index contributed by atoms with van der Waals surface area (Å²) in [5.74, 6) is -2.51. The molecule has 1 fully saturated rings. The van der Waals surface area contributed by atoms with Gasteiger partial charge in [-0.2, -0.15) is 0 Å². The lowest BCUT2D eigenvalue weighted by Gasteiger charge is -2.32. The number of likely N-dealkylation sites (N-methyl/N-ethyl adjacent to an activating group) is 1. The molecule has 0 amide bonds. The molecule has 0 radical (unpaired) electrons. The average molecular weight is 437 g/mol. The van der Waals surface area contributed by atoms with Gasteiger partial charge in [0.25, 0.3) is 0 Å². The van der Waals surface area contributed by atoms with E-state index in [4.69, 9.17) is 10.2 Å². The van der Waals surface area contributed by atoms with Gasteiger partial charge in [-0.3, -0.25) is 0 Å². The van der Waals surface area contributed by atoms with Gasteiger partial charge in [-0.1, -0.05) is 24.3 Å². The molecule has 0 saturated carbocycles. The van der Waals surface area contributed by atoms with Crippen LogP contribution in [0.4, 0.5) is 0 Å². The molecule has 8 heteroatoms. The van der Waals surface area contributed by atoms with Crippen molar-refractivity contribution < 1.29 is 19.8 Å². The van der Waals surface area contributed by atoms with Crippen molar-refractivity contribution in [2.24, 2.45) is 0 Å². The molecule has 1 aliphatic carbocycles. The monoisotopic (exact) mass is 436 g/mol. The number of carbonyl (C=O) groups is 2. The molecule has 32 heavy (non-hydrogen) atoms. The fraction of sp³-hybridized carbons (Fsp3) is 0.333. The number of hydrogen-bond donors (Lipinski definition) is 2. The van der Waals surface area contributed by atoms with Gasteiger partial charge < -0.3 is 20.0 Å². The van der Waals surface area contributed by atoms with Crippen LogP contribution in [0.5, 0.6) is 0 Å². The Balaban J connectivity index is 0.000000312. The van der Waals surface area contributed by atoms with Crippen molar-refractivity contribution in [1.82, 2.24) is 19.8 Å². The second-order valence-electron chi connectivity index (χ2n) is 7.80. The van der Waals surface area contributed by atoms with Crippen molar-refractivity contribution in [2.75, 3.05) is 39.8 Å². The molecule has 2 N–H and O–H groups in total. The third kappa shape index (κ3) is 6.57. The van der Waals surface area contributed by atoms with E-state index in [-0.39, 0.29) is 0 Å². The Bertz CT molecular complexity index is 980. The Kier molecular flexibility index (Phi) is 8.24. The number of benzene rings is 1. The Morgan fingerprint density at radius 3 is 2.25 bits per heavy atom. The summed E-state index contributed by atoms with van der Waals surface area (Å²) in [7, 11) is 2.21. The molecule has 1 aliphatic heterocycles. The number of nitrogens with zero attached hydrogens (tertiary/aromatic N) is 4. The number of allylic oxidation sites excluding steroid dienone is 1. The second-order valence-corrected chi connectivity index (χ2v) is 7.80. The Morgan fingerprint density at radius 1 is 1.00 bits per heavy atom. The van der Waals surface area contributed by atoms with Crippen molar-refractivity contribution in [1.29, 1.82) is 0 Å². The summed E-state index contributed by atoms with van der Waals surface area (Å²) >= 11 is 0. The summed E-state index contributed by atoms with van der Waals surface area (Å²) in [6, 6.07) is 6.62. The zero-order valence-corrected chi connectivity index (χ0v) is 18.1. The van der Waals surface area contributed by atoms with Gasteiger partial charge in [-0.15, -0.1) is 0 Å². The minimum Gasteiger partial charge on any atom is -0.478 e. The lowest BCUT2D eigenvalue weighted by Crippen LogP contribution is -2.44. The molecule has 2 heterocycles. The van der Waals surface area contributed by atoms with Gasteiger partial charge in [0.2, 0.25) is 0 Å². The van der Waals surface area contributed by atoms with E-state index in [0.717, 1.165) is 24.9 Å². The highest BCUT2D eigenvalue weighted by molar-refractivity contribution is 5.89. The summed E-state index contributed by atoms with van der Waals surface area (Å²) in [6.07, 6.45) is 11.1. The van der Waals surface area contributed by atoms with Crippen molar-refractivity contribution in [3.05, 3.63) is 66.3 Å². The van der Waals surface area contributed by atoms with Gasteiger partial charge >= 0.3 is 11.9 Å². The molecule has 1 aromatic carbocycles. The number of carboxylic acid groups (broad SMARTS) is 2. The highest BCUT2D eigenvalue weighted by Gasteiger charge is 2.20. The lowest BCUT2D eigenvalue weighted by molar-refractivity contribution is -0.134. The molecule has 0 bridgehead atoms. The van der Waals surface area contributed by atoms with E-state index in [1.54, 1.807) is 6.33 Å². The second kappa shape index (κ2) is 11.3. The van der Waals surface area contributed by atoms with E-state index < -0.39 is 11.9 Å². The fourth-order valence-corrected chi connectivity index (χ4v) is 3.88. The minimum absolute atomic E-state index is 0.558. The van der Waals surface area contributed by atoms with E-state index in [1.165, 1.54) is 48.4 Å². The molecule has 2 aromatic rings. The number of rotatable bonds is 6. The zero-order chi connectivity index (χ0) is 22.9. The van der Waals surface area contributed by atoms with E-state index in [0.29, 0.717) is 12.2 Å². The largest absolute Gasteiger partial charge is 0.478 e. The van der Waals surface area contributed by atoms with Crippen molar-refractivity contribution in [3.8, 4) is 11.1 Å². The fourth-order valence-electron chi connectivity index (χ4n) is 3.88. The molecule has 4 rings (SSSR count). The number of fused-ring (bicyclic) bond motifs is 1. The van der Waals surface area contributed by atoms with Crippen LogP contribution in [0.15, 0.2) is 55.1 Å². The number of piperazine rings is 1. The van der Waals surface area contributed by atoms with E-state index in [9.17, 15) is 9.59 Å². The van der Waals surface area contributed by atoms with Crippen molar-refractivity contribution >= 4 is 17.5 Å². The molecule has 0 spiro atoms. The third-order valence-corrected chi connectivity index (χ3v) is 5.61. The van der Waals surface area contributed by atoms with Crippen LogP contribution in [0.3, 0.4) is 0 Å². The maximum absolute atomic E-state index is 9.55. The van der Waals surface area contributed by atoms with Gasteiger partial charge in [-0.05, 0) is 42.2 Å². The first kappa shape index (κ1) is 23.3. The van der Waals surface area contributed by atoms with Crippen LogP contribution < -0.4 is 0 Å². The van der Waals surface area contributed by atoms with Gasteiger partial charge in [0, 0.05) is 62.8 Å². The predicted molar refractivity (Wildman–Crippen MR) is 122 cm³/mol. The molecule has 0 atom stereocenters. The van der Waals surface area contributed by atoms with Crippen molar-refractivity contribution in [3.63, 3.8) is 0 Å². The first-order valence-corrected chi connectivity index (χ1v) is 10.6. The first-order chi connectivity index (χ1) is 15.4. The standard InChI is InChI=1S/C20H24N4.C4H4O4/c1-23-9-11-24(12-10-23)8-7-16-5-6-20-18(16)3-2-4-19(20)17-13-21-15-22-14-17;5-3(6)1-2-4(7)8/h2-5,13-15H,6-12H2,1H3;1-2H,(H,5,6)(H,7,8)/b;2-1-. The van der Waals surface area contributed by atoms with E-state index in [1.807, 2.05) is 12.4 Å². The average Bonchev–Trinajstić information content (AvgIpc) is 3.21. The number of aromatic nitrogens is 2. The molecular weight excluding hydrogens is 408 g/mol. The van der Waals surface area contributed by atoms with Crippen molar-refractivity contribution in [2.45, 2.75) is 12.8 Å². The van der Waals surface area contributed by atoms with Crippen LogP contribution in [-0.2, 0) is 16.0 Å². The lowest BCUT2D eigenvalue weighted by atomic mass is 9.95. The van der Waals surface area contributed by atoms with Gasteiger partial charge in [0.1, 0.15) is 6.33 Å². The highest BCUT2D eigenvalue weighted by atomic mass is 16.4. The highest BCUT2D eigenvalue weighted by Crippen LogP contribution is 2.36. The Labute approximate surface area is 187 Å². The minimum atomic E-state index is -1.26. The van der Waals surface area contributed by atoms with Crippen LogP contribution >= 0.6 is 0 Å². The zero-order valence-electron chi connectivity index (χ0n) is 18.1. The smallest absolute Gasteiger partial charge is 0.328 e. The first-order valence-electron chi connectivity index (χ1n) is 10.6. The molecule has 1 saturated heterocycles. The third-order valence-electron chi connectivity index (χ3n) is 5.61. The number of aliphatic carboxylic acids is 2. The summed E-state index contributed by atoms with van der Waals surface area (Å²) in [5, 5.41) is 15.6. The molecular formula is C24H28N4O4. The number of carboxylic acids is 2. The molecule has 0 unspecified atom stereocenters. The van der Waals surface area contributed by atoms with E-state index >= 15 is 0 Å². The predicted octanol–water partition coefficient (Wildman–Crippen LogP) is 2.43. The van der Waals surface area contributed by atoms with E-state index in [2.05, 4.69) is 51.1 Å². The molecule has 2 aliphatic rings. The quantitative estimate of drug-likeness (QED) is 0.665. The Hall–Kier alpha value is -3.36. The Morgan fingerprint density at radius 2 is 1.62 bits per heavy atom.